The Balaban J connectivity index is 1.94. The number of benzene rings is 1. The van der Waals surface area contributed by atoms with Gasteiger partial charge in [-0.1, -0.05) is 12.1 Å². The van der Waals surface area contributed by atoms with Crippen LogP contribution in [0.1, 0.15) is 16.4 Å². The SMILES string of the molecule is Cn1c(C(=O)NCc2ccco2)nc2ccccc2c1=O. The minimum absolute atomic E-state index is 0.0743. The molecule has 0 aliphatic heterocycles. The molecule has 0 radical (unpaired) electrons. The number of amides is 1. The Labute approximate surface area is 120 Å². The van der Waals surface area contributed by atoms with Crippen LogP contribution in [0.3, 0.4) is 0 Å². The van der Waals surface area contributed by atoms with E-state index < -0.39 is 5.91 Å². The Morgan fingerprint density at radius 1 is 1.29 bits per heavy atom. The highest BCUT2D eigenvalue weighted by Crippen LogP contribution is 2.07. The van der Waals surface area contributed by atoms with E-state index in [0.29, 0.717) is 16.7 Å². The van der Waals surface area contributed by atoms with E-state index >= 15 is 0 Å². The van der Waals surface area contributed by atoms with Crippen molar-refractivity contribution in [1.82, 2.24) is 14.9 Å². The summed E-state index contributed by atoms with van der Waals surface area (Å²) in [4.78, 5) is 28.6. The topological polar surface area (TPSA) is 77.1 Å². The van der Waals surface area contributed by atoms with Gasteiger partial charge in [0.25, 0.3) is 11.5 Å². The van der Waals surface area contributed by atoms with Crippen molar-refractivity contribution >= 4 is 16.8 Å². The maximum absolute atomic E-state index is 12.2. The van der Waals surface area contributed by atoms with Gasteiger partial charge >= 0.3 is 0 Å². The number of hydrogen-bond acceptors (Lipinski definition) is 4. The van der Waals surface area contributed by atoms with E-state index in [2.05, 4.69) is 10.3 Å². The highest BCUT2D eigenvalue weighted by molar-refractivity contribution is 5.92. The average molecular weight is 283 g/mol. The van der Waals surface area contributed by atoms with E-state index in [0.717, 1.165) is 0 Å². The Bertz CT molecular complexity index is 850. The molecule has 1 N–H and O–H groups in total. The molecule has 0 aliphatic rings. The van der Waals surface area contributed by atoms with E-state index in [1.165, 1.54) is 17.9 Å². The Kier molecular flexibility index (Phi) is 3.27. The number of fused-ring (bicyclic) bond motifs is 1. The van der Waals surface area contributed by atoms with Crippen LogP contribution in [0, 0.1) is 0 Å². The second-order valence-corrected chi connectivity index (χ2v) is 4.58. The fourth-order valence-corrected chi connectivity index (χ4v) is 2.08. The van der Waals surface area contributed by atoms with E-state index in [9.17, 15) is 9.59 Å². The van der Waals surface area contributed by atoms with Crippen LogP contribution in [0.2, 0.25) is 0 Å². The Morgan fingerprint density at radius 3 is 2.86 bits per heavy atom. The van der Waals surface area contributed by atoms with Gasteiger partial charge in [-0.05, 0) is 24.3 Å². The summed E-state index contributed by atoms with van der Waals surface area (Å²) >= 11 is 0. The lowest BCUT2D eigenvalue weighted by Gasteiger charge is -2.08. The molecule has 0 spiro atoms. The van der Waals surface area contributed by atoms with Gasteiger partial charge in [0.1, 0.15) is 5.76 Å². The Morgan fingerprint density at radius 2 is 2.10 bits per heavy atom. The van der Waals surface area contributed by atoms with Gasteiger partial charge in [-0.3, -0.25) is 14.2 Å². The van der Waals surface area contributed by atoms with Crippen molar-refractivity contribution in [1.29, 1.82) is 0 Å². The van der Waals surface area contributed by atoms with Gasteiger partial charge in [-0.2, -0.15) is 0 Å². The summed E-state index contributed by atoms with van der Waals surface area (Å²) in [5, 5.41) is 3.17. The first-order valence-corrected chi connectivity index (χ1v) is 6.43. The molecule has 2 aromatic heterocycles. The van der Waals surface area contributed by atoms with Gasteiger partial charge in [-0.15, -0.1) is 0 Å². The zero-order valence-corrected chi connectivity index (χ0v) is 11.4. The standard InChI is InChI=1S/C15H13N3O3/c1-18-13(14(19)16-9-10-5-4-8-21-10)17-12-7-3-2-6-11(12)15(18)20/h2-8H,9H2,1H3,(H,16,19). The largest absolute Gasteiger partial charge is 0.467 e. The van der Waals surface area contributed by atoms with Gasteiger partial charge in [0.15, 0.2) is 0 Å². The zero-order valence-electron chi connectivity index (χ0n) is 11.4. The van der Waals surface area contributed by atoms with Crippen molar-refractivity contribution in [3.8, 4) is 0 Å². The number of nitrogens with one attached hydrogen (secondary N) is 1. The monoisotopic (exact) mass is 283 g/mol. The first-order valence-electron chi connectivity index (χ1n) is 6.43. The van der Waals surface area contributed by atoms with Crippen LogP contribution in [-0.2, 0) is 13.6 Å². The number of furan rings is 1. The van der Waals surface area contributed by atoms with Crippen molar-refractivity contribution < 1.29 is 9.21 Å². The van der Waals surface area contributed by atoms with Crippen LogP contribution >= 0.6 is 0 Å². The second-order valence-electron chi connectivity index (χ2n) is 4.58. The highest BCUT2D eigenvalue weighted by Gasteiger charge is 2.15. The lowest BCUT2D eigenvalue weighted by atomic mass is 10.2. The number of para-hydroxylation sites is 1. The maximum Gasteiger partial charge on any atom is 0.287 e. The van der Waals surface area contributed by atoms with Crippen LogP contribution in [0.4, 0.5) is 0 Å². The number of aromatic nitrogens is 2. The van der Waals surface area contributed by atoms with Crippen molar-refractivity contribution in [3.63, 3.8) is 0 Å². The summed E-state index contributed by atoms with van der Waals surface area (Å²) in [6.45, 7) is 0.245. The lowest BCUT2D eigenvalue weighted by molar-refractivity contribution is 0.0933. The normalized spacial score (nSPS) is 10.7. The summed E-state index contributed by atoms with van der Waals surface area (Å²) in [6, 6.07) is 10.4. The van der Waals surface area contributed by atoms with Gasteiger partial charge in [-0.25, -0.2) is 4.98 Å². The molecule has 0 fully saturated rings. The molecule has 1 aromatic carbocycles. The first kappa shape index (κ1) is 13.1. The predicted molar refractivity (Wildman–Crippen MR) is 76.9 cm³/mol. The predicted octanol–water partition coefficient (Wildman–Crippen LogP) is 1.46. The molecule has 21 heavy (non-hydrogen) atoms. The van der Waals surface area contributed by atoms with Crippen LogP contribution in [0.25, 0.3) is 10.9 Å². The highest BCUT2D eigenvalue weighted by atomic mass is 16.3. The third kappa shape index (κ3) is 2.43. The molecule has 0 aliphatic carbocycles. The third-order valence-corrected chi connectivity index (χ3v) is 3.19. The van der Waals surface area contributed by atoms with Crippen molar-refractivity contribution in [2.75, 3.05) is 0 Å². The molecule has 0 atom stereocenters. The fraction of sp³-hybridized carbons (Fsp3) is 0.133. The van der Waals surface area contributed by atoms with Gasteiger partial charge in [0.2, 0.25) is 5.82 Å². The summed E-state index contributed by atoms with van der Waals surface area (Å²) in [7, 11) is 1.53. The van der Waals surface area contributed by atoms with E-state index in [1.807, 2.05) is 0 Å². The van der Waals surface area contributed by atoms with E-state index in [4.69, 9.17) is 4.42 Å². The first-order chi connectivity index (χ1) is 10.2. The van der Waals surface area contributed by atoms with Crippen LogP contribution in [-0.4, -0.2) is 15.5 Å². The fourth-order valence-electron chi connectivity index (χ4n) is 2.08. The molecular formula is C15H13N3O3. The molecule has 3 rings (SSSR count). The zero-order chi connectivity index (χ0) is 14.8. The van der Waals surface area contributed by atoms with Crippen molar-refractivity contribution in [3.05, 3.63) is 64.6 Å². The number of rotatable bonds is 3. The molecular weight excluding hydrogens is 270 g/mol. The molecule has 6 nitrogen and oxygen atoms in total. The summed E-state index contributed by atoms with van der Waals surface area (Å²) in [6.07, 6.45) is 1.53. The van der Waals surface area contributed by atoms with Gasteiger partial charge in [0.05, 0.1) is 23.7 Å². The Hall–Kier alpha value is -2.89. The molecule has 0 unspecified atom stereocenters. The number of carbonyl (C=O) groups is 1. The lowest BCUT2D eigenvalue weighted by Crippen LogP contribution is -2.32. The molecule has 2 heterocycles. The van der Waals surface area contributed by atoms with Crippen molar-refractivity contribution in [2.45, 2.75) is 6.54 Å². The molecule has 6 heteroatoms. The molecule has 0 saturated carbocycles. The number of carbonyl (C=O) groups excluding carboxylic acids is 1. The number of nitrogens with zero attached hydrogens (tertiary/aromatic N) is 2. The average Bonchev–Trinajstić information content (AvgIpc) is 3.02. The molecule has 0 saturated heterocycles. The van der Waals surface area contributed by atoms with E-state index in [1.54, 1.807) is 36.4 Å². The summed E-state index contributed by atoms with van der Waals surface area (Å²) in [5.74, 6) is 0.288. The second kappa shape index (κ2) is 5.24. The van der Waals surface area contributed by atoms with Crippen molar-refractivity contribution in [2.24, 2.45) is 7.05 Å². The minimum atomic E-state index is -0.420. The van der Waals surface area contributed by atoms with E-state index in [-0.39, 0.29) is 17.9 Å². The van der Waals surface area contributed by atoms with Gasteiger partial charge < -0.3 is 9.73 Å². The minimum Gasteiger partial charge on any atom is -0.467 e. The van der Waals surface area contributed by atoms with Crippen LogP contribution < -0.4 is 10.9 Å². The number of hydrogen-bond donors (Lipinski definition) is 1. The van der Waals surface area contributed by atoms with Crippen LogP contribution in [0.5, 0.6) is 0 Å². The summed E-state index contributed by atoms with van der Waals surface area (Å²) in [5.41, 5.74) is 0.257. The maximum atomic E-state index is 12.2. The van der Waals surface area contributed by atoms with Gasteiger partial charge in [0, 0.05) is 7.05 Å². The molecule has 106 valence electrons. The van der Waals surface area contributed by atoms with Crippen LogP contribution in [0.15, 0.2) is 51.9 Å². The quantitative estimate of drug-likeness (QED) is 0.789. The third-order valence-electron chi connectivity index (χ3n) is 3.19. The molecule has 1 amide bonds. The molecule has 3 aromatic rings. The molecule has 0 bridgehead atoms. The smallest absolute Gasteiger partial charge is 0.287 e. The summed E-state index contributed by atoms with van der Waals surface area (Å²) < 4.78 is 6.39.